The second-order valence-corrected chi connectivity index (χ2v) is 3.69. The maximum Gasteiger partial charge on any atom is 0.249 e. The average Bonchev–Trinajstić information content (AvgIpc) is 2.21. The van der Waals surface area contributed by atoms with Gasteiger partial charge in [0, 0.05) is 13.3 Å². The third-order valence-corrected chi connectivity index (χ3v) is 2.74. The van der Waals surface area contributed by atoms with Crippen molar-refractivity contribution in [2.75, 3.05) is 17.8 Å². The molecule has 1 rings (SSSR count). The second kappa shape index (κ2) is 5.09. The van der Waals surface area contributed by atoms with Gasteiger partial charge in [0.25, 0.3) is 0 Å². The smallest absolute Gasteiger partial charge is 0.249 e. The van der Waals surface area contributed by atoms with Crippen LogP contribution in [0.25, 0.3) is 0 Å². The van der Waals surface area contributed by atoms with Crippen molar-refractivity contribution < 1.29 is 0 Å². The van der Waals surface area contributed by atoms with Crippen LogP contribution < -0.4 is 10.7 Å². The first-order valence-corrected chi connectivity index (χ1v) is 5.10. The molecule has 15 heavy (non-hydrogen) atoms. The number of nitrogens with two attached hydrogens (primary N) is 1. The zero-order chi connectivity index (χ0) is 11.4. The number of rotatable bonds is 3. The normalized spacial score (nSPS) is 10.6. The fraction of sp³-hybridized carbons (Fsp3) is 0.125. The Kier molecular flexibility index (Phi) is 4.05. The van der Waals surface area contributed by atoms with Gasteiger partial charge in [0.2, 0.25) is 5.95 Å². The third-order valence-electron chi connectivity index (χ3n) is 1.46. The number of hydrogen-bond acceptors (Lipinski definition) is 5. The van der Waals surface area contributed by atoms with Crippen LogP contribution in [-0.2, 0) is 0 Å². The quantitative estimate of drug-likeness (QED) is 0.526. The molecule has 0 fully saturated rings. The van der Waals surface area contributed by atoms with E-state index >= 15 is 0 Å². The summed E-state index contributed by atoms with van der Waals surface area (Å²) in [6.07, 6.45) is 3.05. The van der Waals surface area contributed by atoms with Crippen LogP contribution in [0, 0.1) is 0 Å². The van der Waals surface area contributed by atoms with Crippen molar-refractivity contribution in [1.29, 1.82) is 0 Å². The lowest BCUT2D eigenvalue weighted by atomic mass is 10.6. The lowest BCUT2D eigenvalue weighted by Crippen LogP contribution is -2.13. The van der Waals surface area contributed by atoms with E-state index in [9.17, 15) is 0 Å². The number of hydrazone groups is 1. The molecule has 0 amide bonds. The number of nitrogen functional groups attached to an aromatic ring is 1. The van der Waals surface area contributed by atoms with Crippen molar-refractivity contribution in [3.8, 4) is 0 Å². The number of aromatic nitrogens is 2. The van der Waals surface area contributed by atoms with Crippen molar-refractivity contribution in [3.63, 3.8) is 0 Å². The number of hydrogen-bond donors (Lipinski definition) is 1. The Morgan fingerprint density at radius 2 is 2.27 bits per heavy atom. The molecule has 0 bridgehead atoms. The van der Waals surface area contributed by atoms with E-state index in [0.717, 1.165) is 0 Å². The molecule has 0 unspecified atom stereocenters. The number of halogens is 2. The van der Waals surface area contributed by atoms with Gasteiger partial charge in [0.05, 0.1) is 4.47 Å². The van der Waals surface area contributed by atoms with E-state index in [2.05, 4.69) is 37.6 Å². The maximum absolute atomic E-state index is 5.82. The molecule has 1 heterocycles. The monoisotopic (exact) mass is 289 g/mol. The summed E-state index contributed by atoms with van der Waals surface area (Å²) in [7, 11) is 1.68. The largest absolute Gasteiger partial charge is 0.383 e. The van der Waals surface area contributed by atoms with Crippen LogP contribution in [0.1, 0.15) is 0 Å². The molecule has 0 aliphatic rings. The fourth-order valence-corrected chi connectivity index (χ4v) is 1.12. The lowest BCUT2D eigenvalue weighted by Gasteiger charge is -2.11. The van der Waals surface area contributed by atoms with Gasteiger partial charge in [-0.3, -0.25) is 0 Å². The van der Waals surface area contributed by atoms with E-state index in [-0.39, 0.29) is 11.0 Å². The molecule has 0 aliphatic carbocycles. The van der Waals surface area contributed by atoms with Crippen molar-refractivity contribution in [3.05, 3.63) is 22.3 Å². The summed E-state index contributed by atoms with van der Waals surface area (Å²) in [5.74, 6) is 0.587. The molecule has 5 nitrogen and oxygen atoms in total. The summed E-state index contributed by atoms with van der Waals surface area (Å²) >= 11 is 8.98. The van der Waals surface area contributed by atoms with Gasteiger partial charge >= 0.3 is 0 Å². The number of anilines is 2. The molecule has 80 valence electrons. The van der Waals surface area contributed by atoms with E-state index in [1.54, 1.807) is 13.1 Å². The molecule has 0 spiro atoms. The minimum atomic E-state index is 0.248. The molecule has 7 heteroatoms. The Hall–Kier alpha value is -1.14. The summed E-state index contributed by atoms with van der Waals surface area (Å²) in [6, 6.07) is 0. The van der Waals surface area contributed by atoms with Gasteiger partial charge < -0.3 is 5.73 Å². The highest BCUT2D eigenvalue weighted by atomic mass is 79.9. The molecule has 0 saturated carbocycles. The standard InChI is InChI=1S/C8H9BrClN5/c1-3-4-12-15(2)8-13-6(10)5(9)7(11)14-8/h3-4H,1H2,2H3,(H2,11,13,14)/b12-4-. The van der Waals surface area contributed by atoms with Crippen molar-refractivity contribution in [2.24, 2.45) is 5.10 Å². The van der Waals surface area contributed by atoms with Crippen LogP contribution >= 0.6 is 27.5 Å². The van der Waals surface area contributed by atoms with Crippen molar-refractivity contribution in [1.82, 2.24) is 9.97 Å². The van der Waals surface area contributed by atoms with Gasteiger partial charge in [0.15, 0.2) is 5.15 Å². The second-order valence-electron chi connectivity index (χ2n) is 2.54. The summed E-state index contributed by atoms with van der Waals surface area (Å²) < 4.78 is 0.481. The Morgan fingerprint density at radius 1 is 1.60 bits per heavy atom. The fourth-order valence-electron chi connectivity index (χ4n) is 0.768. The molecule has 1 aromatic rings. The topological polar surface area (TPSA) is 67.4 Å². The Balaban J connectivity index is 3.05. The predicted octanol–water partition coefficient (Wildman–Crippen LogP) is 2.08. The first kappa shape index (κ1) is 11.9. The molecular weight excluding hydrogens is 281 g/mol. The Labute approximate surface area is 101 Å². The van der Waals surface area contributed by atoms with E-state index in [1.165, 1.54) is 11.2 Å². The maximum atomic E-state index is 5.82. The zero-order valence-corrected chi connectivity index (χ0v) is 10.3. The van der Waals surface area contributed by atoms with E-state index in [1.807, 2.05) is 0 Å². The molecule has 0 atom stereocenters. The van der Waals surface area contributed by atoms with Crippen LogP contribution in [0.15, 0.2) is 22.2 Å². The Bertz CT molecular complexity index is 383. The first-order chi connectivity index (χ1) is 7.06. The van der Waals surface area contributed by atoms with Gasteiger partial charge in [-0.1, -0.05) is 18.2 Å². The lowest BCUT2D eigenvalue weighted by molar-refractivity contribution is 0.935. The molecule has 0 saturated heterocycles. The molecule has 0 aromatic carbocycles. The third kappa shape index (κ3) is 2.90. The van der Waals surface area contributed by atoms with Gasteiger partial charge in [-0.25, -0.2) is 5.01 Å². The zero-order valence-electron chi connectivity index (χ0n) is 7.98. The summed E-state index contributed by atoms with van der Waals surface area (Å²) in [4.78, 5) is 7.99. The van der Waals surface area contributed by atoms with E-state index in [0.29, 0.717) is 10.4 Å². The average molecular weight is 291 g/mol. The summed E-state index contributed by atoms with van der Waals surface area (Å²) in [5.41, 5.74) is 5.61. The van der Waals surface area contributed by atoms with Gasteiger partial charge in [0.1, 0.15) is 5.82 Å². The molecule has 0 aliphatic heterocycles. The first-order valence-electron chi connectivity index (χ1n) is 3.93. The Morgan fingerprint density at radius 3 is 2.80 bits per heavy atom. The number of nitrogens with zero attached hydrogens (tertiary/aromatic N) is 4. The SMILES string of the molecule is C=C/C=N\N(C)c1nc(N)c(Br)c(Cl)n1. The number of allylic oxidation sites excluding steroid dienone is 1. The van der Waals surface area contributed by atoms with E-state index < -0.39 is 0 Å². The van der Waals surface area contributed by atoms with Crippen LogP contribution in [0.3, 0.4) is 0 Å². The minimum absolute atomic E-state index is 0.248. The van der Waals surface area contributed by atoms with Gasteiger partial charge in [-0.05, 0) is 22.0 Å². The van der Waals surface area contributed by atoms with Crippen molar-refractivity contribution in [2.45, 2.75) is 0 Å². The molecule has 2 N–H and O–H groups in total. The highest BCUT2D eigenvalue weighted by Crippen LogP contribution is 2.27. The molecule has 1 aromatic heterocycles. The van der Waals surface area contributed by atoms with Crippen LogP contribution in [0.4, 0.5) is 11.8 Å². The van der Waals surface area contributed by atoms with E-state index in [4.69, 9.17) is 17.3 Å². The highest BCUT2D eigenvalue weighted by Gasteiger charge is 2.10. The summed E-state index contributed by atoms with van der Waals surface area (Å²) in [5, 5.41) is 5.65. The van der Waals surface area contributed by atoms with Gasteiger partial charge in [-0.2, -0.15) is 15.1 Å². The predicted molar refractivity (Wildman–Crippen MR) is 66.2 cm³/mol. The van der Waals surface area contributed by atoms with Crippen LogP contribution in [0.2, 0.25) is 5.15 Å². The van der Waals surface area contributed by atoms with Crippen molar-refractivity contribution >= 4 is 45.5 Å². The highest BCUT2D eigenvalue weighted by molar-refractivity contribution is 9.10. The van der Waals surface area contributed by atoms with Gasteiger partial charge in [-0.15, -0.1) is 0 Å². The summed E-state index contributed by atoms with van der Waals surface area (Å²) in [6.45, 7) is 3.50. The molecular formula is C8H9BrClN5. The minimum Gasteiger partial charge on any atom is -0.383 e. The molecule has 0 radical (unpaired) electrons. The van der Waals surface area contributed by atoms with Crippen LogP contribution in [0.5, 0.6) is 0 Å². The van der Waals surface area contributed by atoms with Crippen LogP contribution in [-0.4, -0.2) is 23.2 Å².